The molecule has 0 aliphatic carbocycles. The molecule has 0 aromatic carbocycles. The number of nitrogens with zero attached hydrogens (tertiary/aromatic N) is 3. The Kier molecular flexibility index (Phi) is 3.15. The number of nitrogens with two attached hydrogens (primary N) is 2. The zero-order valence-electron chi connectivity index (χ0n) is 10.1. The molecule has 2 aromatic rings. The van der Waals surface area contributed by atoms with Crippen LogP contribution in [-0.2, 0) is 0 Å². The third-order valence-corrected chi connectivity index (χ3v) is 2.47. The summed E-state index contributed by atoms with van der Waals surface area (Å²) in [6.45, 7) is 0. The van der Waals surface area contributed by atoms with Crippen LogP contribution in [0, 0.1) is 0 Å². The summed E-state index contributed by atoms with van der Waals surface area (Å²) in [6.07, 6.45) is 2.87. The van der Waals surface area contributed by atoms with Gasteiger partial charge in [-0.25, -0.2) is 9.67 Å². The first-order valence-corrected chi connectivity index (χ1v) is 5.36. The lowest BCUT2D eigenvalue weighted by Crippen LogP contribution is -2.19. The maximum absolute atomic E-state index is 11.4. The summed E-state index contributed by atoms with van der Waals surface area (Å²) in [5.74, 6) is -0.623. The van der Waals surface area contributed by atoms with Crippen LogP contribution in [0.15, 0.2) is 24.5 Å². The molecule has 2 rings (SSSR count). The summed E-state index contributed by atoms with van der Waals surface area (Å²) < 4.78 is 1.36. The summed E-state index contributed by atoms with van der Waals surface area (Å²) in [5.41, 5.74) is 11.4. The topological polar surface area (TPSA) is 129 Å². The van der Waals surface area contributed by atoms with Crippen molar-refractivity contribution in [1.82, 2.24) is 20.1 Å². The van der Waals surface area contributed by atoms with Gasteiger partial charge in [-0.15, -0.1) is 0 Å². The number of amides is 2. The number of hydrogen-bond acceptors (Lipinski definition) is 5. The highest BCUT2D eigenvalue weighted by Crippen LogP contribution is 2.13. The molecule has 0 spiro atoms. The van der Waals surface area contributed by atoms with Gasteiger partial charge in [-0.2, -0.15) is 5.10 Å². The zero-order valence-corrected chi connectivity index (χ0v) is 10.1. The fourth-order valence-electron chi connectivity index (χ4n) is 1.49. The number of primary amides is 1. The minimum atomic E-state index is -0.653. The van der Waals surface area contributed by atoms with Crippen molar-refractivity contribution < 1.29 is 9.59 Å². The largest absolute Gasteiger partial charge is 0.397 e. The predicted molar refractivity (Wildman–Crippen MR) is 67.7 cm³/mol. The van der Waals surface area contributed by atoms with Crippen molar-refractivity contribution in [2.75, 3.05) is 12.8 Å². The lowest BCUT2D eigenvalue weighted by atomic mass is 10.2. The SMILES string of the molecule is CNC(=O)c1ccn(-c2cc(C(N)=O)c(N)cn2)n1. The Labute approximate surface area is 108 Å². The number of pyridine rings is 1. The molecule has 0 fully saturated rings. The maximum Gasteiger partial charge on any atom is 0.271 e. The lowest BCUT2D eigenvalue weighted by Gasteiger charge is -2.04. The van der Waals surface area contributed by atoms with Crippen LogP contribution in [0.1, 0.15) is 20.8 Å². The summed E-state index contributed by atoms with van der Waals surface area (Å²) in [7, 11) is 1.51. The number of nitrogens with one attached hydrogen (secondary N) is 1. The van der Waals surface area contributed by atoms with E-state index in [1.807, 2.05) is 0 Å². The normalized spacial score (nSPS) is 10.2. The highest BCUT2D eigenvalue weighted by molar-refractivity contribution is 5.98. The molecule has 0 saturated carbocycles. The molecule has 0 bridgehead atoms. The van der Waals surface area contributed by atoms with Gasteiger partial charge in [-0.1, -0.05) is 0 Å². The zero-order chi connectivity index (χ0) is 14.0. The van der Waals surface area contributed by atoms with E-state index < -0.39 is 5.91 Å². The Balaban J connectivity index is 2.42. The predicted octanol–water partition coefficient (Wildman–Crippen LogP) is -0.692. The van der Waals surface area contributed by atoms with Crippen molar-refractivity contribution in [2.24, 2.45) is 5.73 Å². The molecule has 0 saturated heterocycles. The number of aromatic nitrogens is 3. The van der Waals surface area contributed by atoms with E-state index in [2.05, 4.69) is 15.4 Å². The van der Waals surface area contributed by atoms with Crippen molar-refractivity contribution in [2.45, 2.75) is 0 Å². The van der Waals surface area contributed by atoms with Crippen molar-refractivity contribution in [3.05, 3.63) is 35.8 Å². The Morgan fingerprint density at radius 3 is 2.79 bits per heavy atom. The van der Waals surface area contributed by atoms with Crippen LogP contribution < -0.4 is 16.8 Å². The van der Waals surface area contributed by atoms with E-state index in [0.29, 0.717) is 5.82 Å². The van der Waals surface area contributed by atoms with Crippen molar-refractivity contribution >= 4 is 17.5 Å². The van der Waals surface area contributed by atoms with Gasteiger partial charge in [0.15, 0.2) is 11.5 Å². The monoisotopic (exact) mass is 260 g/mol. The maximum atomic E-state index is 11.4. The molecule has 8 heteroatoms. The number of anilines is 1. The minimum absolute atomic E-state index is 0.155. The first-order chi connectivity index (χ1) is 9.02. The number of carbonyl (C=O) groups is 2. The number of carbonyl (C=O) groups excluding carboxylic acids is 2. The summed E-state index contributed by atoms with van der Waals surface area (Å²) in [5, 5.41) is 6.49. The quantitative estimate of drug-likeness (QED) is 0.672. The van der Waals surface area contributed by atoms with Gasteiger partial charge in [0.1, 0.15) is 0 Å². The van der Waals surface area contributed by atoms with E-state index in [0.717, 1.165) is 0 Å². The molecule has 2 heterocycles. The van der Waals surface area contributed by atoms with Crippen LogP contribution >= 0.6 is 0 Å². The van der Waals surface area contributed by atoms with Gasteiger partial charge in [0.2, 0.25) is 0 Å². The molecular formula is C11H12N6O2. The van der Waals surface area contributed by atoms with Crippen LogP contribution in [0.3, 0.4) is 0 Å². The van der Waals surface area contributed by atoms with Gasteiger partial charge >= 0.3 is 0 Å². The van der Waals surface area contributed by atoms with Gasteiger partial charge in [0.05, 0.1) is 17.4 Å². The van der Waals surface area contributed by atoms with Gasteiger partial charge in [0.25, 0.3) is 11.8 Å². The Bertz CT molecular complexity index is 648. The summed E-state index contributed by atoms with van der Waals surface area (Å²) in [6, 6.07) is 2.94. The molecule has 5 N–H and O–H groups in total. The molecule has 2 aromatic heterocycles. The fraction of sp³-hybridized carbons (Fsp3) is 0.0909. The van der Waals surface area contributed by atoms with Crippen molar-refractivity contribution in [1.29, 1.82) is 0 Å². The van der Waals surface area contributed by atoms with E-state index in [1.165, 1.54) is 30.1 Å². The van der Waals surface area contributed by atoms with Crippen molar-refractivity contribution in [3.8, 4) is 5.82 Å². The van der Waals surface area contributed by atoms with Gasteiger partial charge < -0.3 is 16.8 Å². The van der Waals surface area contributed by atoms with E-state index >= 15 is 0 Å². The molecule has 0 atom stereocenters. The van der Waals surface area contributed by atoms with Crippen LogP contribution in [0.25, 0.3) is 5.82 Å². The highest BCUT2D eigenvalue weighted by Gasteiger charge is 2.12. The molecule has 0 radical (unpaired) electrons. The average Bonchev–Trinajstić information content (AvgIpc) is 2.87. The third kappa shape index (κ3) is 2.37. The Morgan fingerprint density at radius 1 is 1.42 bits per heavy atom. The third-order valence-electron chi connectivity index (χ3n) is 2.47. The summed E-state index contributed by atoms with van der Waals surface area (Å²) >= 11 is 0. The molecule has 0 unspecified atom stereocenters. The summed E-state index contributed by atoms with van der Waals surface area (Å²) in [4.78, 5) is 26.6. The smallest absolute Gasteiger partial charge is 0.271 e. The first-order valence-electron chi connectivity index (χ1n) is 5.36. The number of nitrogen functional groups attached to an aromatic ring is 1. The molecule has 8 nitrogen and oxygen atoms in total. The second-order valence-corrected chi connectivity index (χ2v) is 3.72. The number of rotatable bonds is 3. The lowest BCUT2D eigenvalue weighted by molar-refractivity contribution is 0.0956. The second-order valence-electron chi connectivity index (χ2n) is 3.72. The molecule has 19 heavy (non-hydrogen) atoms. The van der Waals surface area contributed by atoms with E-state index in [9.17, 15) is 9.59 Å². The van der Waals surface area contributed by atoms with Crippen LogP contribution in [0.2, 0.25) is 0 Å². The van der Waals surface area contributed by atoms with E-state index in [4.69, 9.17) is 11.5 Å². The number of hydrogen-bond donors (Lipinski definition) is 3. The van der Waals surface area contributed by atoms with Gasteiger partial charge in [0, 0.05) is 13.2 Å². The van der Waals surface area contributed by atoms with Crippen LogP contribution in [-0.4, -0.2) is 33.6 Å². The molecule has 2 amide bonds. The standard InChI is InChI=1S/C11H12N6O2/c1-14-11(19)8-2-3-17(16-8)9-4-6(10(13)18)7(12)5-15-9/h2-5H,12H2,1H3,(H2,13,18)(H,14,19). The van der Waals surface area contributed by atoms with Crippen molar-refractivity contribution in [3.63, 3.8) is 0 Å². The average molecular weight is 260 g/mol. The fourth-order valence-corrected chi connectivity index (χ4v) is 1.49. The van der Waals surface area contributed by atoms with E-state index in [-0.39, 0.29) is 22.9 Å². The molecular weight excluding hydrogens is 248 g/mol. The van der Waals surface area contributed by atoms with Gasteiger partial charge in [-0.05, 0) is 12.1 Å². The van der Waals surface area contributed by atoms with Crippen LogP contribution in [0.4, 0.5) is 5.69 Å². The Hall–Kier alpha value is -2.90. The van der Waals surface area contributed by atoms with Gasteiger partial charge in [-0.3, -0.25) is 9.59 Å². The first kappa shape index (κ1) is 12.6. The van der Waals surface area contributed by atoms with E-state index in [1.54, 1.807) is 6.20 Å². The Morgan fingerprint density at radius 2 is 2.16 bits per heavy atom. The molecule has 0 aliphatic heterocycles. The highest BCUT2D eigenvalue weighted by atomic mass is 16.2. The second kappa shape index (κ2) is 4.77. The molecule has 98 valence electrons. The van der Waals surface area contributed by atoms with Crippen LogP contribution in [0.5, 0.6) is 0 Å². The minimum Gasteiger partial charge on any atom is -0.397 e. The molecule has 0 aliphatic rings.